The van der Waals surface area contributed by atoms with Crippen LogP contribution in [0, 0.1) is 0 Å². The maximum absolute atomic E-state index is 6.13. The molecule has 0 bridgehead atoms. The third-order valence-electron chi connectivity index (χ3n) is 2.65. The van der Waals surface area contributed by atoms with Crippen LogP contribution in [0.5, 0.6) is 0 Å². The van der Waals surface area contributed by atoms with Crippen LogP contribution in [0.3, 0.4) is 0 Å². The van der Waals surface area contributed by atoms with Crippen LogP contribution in [-0.2, 0) is 0 Å². The van der Waals surface area contributed by atoms with Crippen molar-refractivity contribution >= 4 is 11.4 Å². The molecule has 0 amide bonds. The zero-order valence-electron chi connectivity index (χ0n) is 10.1. The minimum Gasteiger partial charge on any atom is -0.396 e. The van der Waals surface area contributed by atoms with Crippen LogP contribution in [0.25, 0.3) is 0 Å². The summed E-state index contributed by atoms with van der Waals surface area (Å²) in [5.41, 5.74) is 9.07. The zero-order valence-corrected chi connectivity index (χ0v) is 10.1. The summed E-state index contributed by atoms with van der Waals surface area (Å²) in [6.07, 6.45) is 1.85. The standard InChI is InChI=1S/C12H21N3/c1-5-15(6-2)10-7-8-14-12(9(3)4)11(10)13/h7-9H,5-6,13H2,1-4H3. The van der Waals surface area contributed by atoms with Gasteiger partial charge in [-0.15, -0.1) is 0 Å². The number of pyridine rings is 1. The normalized spacial score (nSPS) is 10.7. The summed E-state index contributed by atoms with van der Waals surface area (Å²) in [4.78, 5) is 6.59. The first-order valence-electron chi connectivity index (χ1n) is 5.61. The van der Waals surface area contributed by atoms with E-state index in [0.717, 1.165) is 30.2 Å². The van der Waals surface area contributed by atoms with Gasteiger partial charge in [-0.1, -0.05) is 13.8 Å². The van der Waals surface area contributed by atoms with Gasteiger partial charge >= 0.3 is 0 Å². The Morgan fingerprint density at radius 1 is 1.33 bits per heavy atom. The van der Waals surface area contributed by atoms with Crippen molar-refractivity contribution in [1.82, 2.24) is 4.98 Å². The Balaban J connectivity index is 3.14. The van der Waals surface area contributed by atoms with Crippen LogP contribution in [0.1, 0.15) is 39.3 Å². The number of rotatable bonds is 4. The number of aromatic nitrogens is 1. The van der Waals surface area contributed by atoms with Crippen molar-refractivity contribution in [3.8, 4) is 0 Å². The van der Waals surface area contributed by atoms with E-state index in [2.05, 4.69) is 37.6 Å². The van der Waals surface area contributed by atoms with Gasteiger partial charge in [0.05, 0.1) is 17.1 Å². The Bertz CT molecular complexity index is 317. The van der Waals surface area contributed by atoms with Crippen LogP contribution in [0.4, 0.5) is 11.4 Å². The average Bonchev–Trinajstić information content (AvgIpc) is 2.21. The van der Waals surface area contributed by atoms with Gasteiger partial charge in [0, 0.05) is 19.3 Å². The molecule has 84 valence electrons. The molecular formula is C12H21N3. The van der Waals surface area contributed by atoms with Crippen molar-refractivity contribution in [1.29, 1.82) is 0 Å². The molecule has 15 heavy (non-hydrogen) atoms. The quantitative estimate of drug-likeness (QED) is 0.825. The summed E-state index contributed by atoms with van der Waals surface area (Å²) in [5.74, 6) is 0.375. The van der Waals surface area contributed by atoms with Gasteiger partial charge < -0.3 is 10.6 Å². The Hall–Kier alpha value is -1.25. The molecule has 0 saturated heterocycles. The molecular weight excluding hydrogens is 186 g/mol. The number of nitrogens with zero attached hydrogens (tertiary/aromatic N) is 2. The zero-order chi connectivity index (χ0) is 11.4. The van der Waals surface area contributed by atoms with Crippen molar-refractivity contribution in [3.05, 3.63) is 18.0 Å². The second-order valence-electron chi connectivity index (χ2n) is 3.96. The highest BCUT2D eigenvalue weighted by Gasteiger charge is 2.12. The molecule has 0 spiro atoms. The van der Waals surface area contributed by atoms with Crippen molar-refractivity contribution in [2.75, 3.05) is 23.7 Å². The fraction of sp³-hybridized carbons (Fsp3) is 0.583. The summed E-state index contributed by atoms with van der Waals surface area (Å²) in [7, 11) is 0. The van der Waals surface area contributed by atoms with E-state index in [1.165, 1.54) is 0 Å². The largest absolute Gasteiger partial charge is 0.396 e. The lowest BCUT2D eigenvalue weighted by Gasteiger charge is -2.24. The SMILES string of the molecule is CCN(CC)c1ccnc(C(C)C)c1N. The Kier molecular flexibility index (Phi) is 3.95. The van der Waals surface area contributed by atoms with E-state index in [0.29, 0.717) is 5.92 Å². The second-order valence-corrected chi connectivity index (χ2v) is 3.96. The highest BCUT2D eigenvalue weighted by atomic mass is 15.1. The molecule has 3 nitrogen and oxygen atoms in total. The highest BCUT2D eigenvalue weighted by molar-refractivity contribution is 5.69. The van der Waals surface area contributed by atoms with Gasteiger partial charge in [-0.2, -0.15) is 0 Å². The third kappa shape index (κ3) is 2.41. The van der Waals surface area contributed by atoms with E-state index >= 15 is 0 Å². The molecule has 0 aromatic carbocycles. The van der Waals surface area contributed by atoms with Gasteiger partial charge in [-0.05, 0) is 25.8 Å². The minimum absolute atomic E-state index is 0.375. The monoisotopic (exact) mass is 207 g/mol. The predicted molar refractivity (Wildman–Crippen MR) is 66.3 cm³/mol. The van der Waals surface area contributed by atoms with Gasteiger partial charge in [-0.3, -0.25) is 4.98 Å². The van der Waals surface area contributed by atoms with E-state index in [4.69, 9.17) is 5.73 Å². The molecule has 0 saturated carbocycles. The summed E-state index contributed by atoms with van der Waals surface area (Å²) in [6, 6.07) is 1.99. The first kappa shape index (κ1) is 11.8. The Morgan fingerprint density at radius 3 is 2.40 bits per heavy atom. The lowest BCUT2D eigenvalue weighted by atomic mass is 10.1. The summed E-state index contributed by atoms with van der Waals surface area (Å²) >= 11 is 0. The van der Waals surface area contributed by atoms with Gasteiger partial charge in [-0.25, -0.2) is 0 Å². The molecule has 0 aliphatic carbocycles. The van der Waals surface area contributed by atoms with Gasteiger partial charge in [0.1, 0.15) is 0 Å². The van der Waals surface area contributed by atoms with E-state index < -0.39 is 0 Å². The number of hydrogen-bond acceptors (Lipinski definition) is 3. The van der Waals surface area contributed by atoms with Crippen LogP contribution in [0.2, 0.25) is 0 Å². The summed E-state index contributed by atoms with van der Waals surface area (Å²) < 4.78 is 0. The van der Waals surface area contributed by atoms with Crippen molar-refractivity contribution in [2.24, 2.45) is 0 Å². The molecule has 1 rings (SSSR count). The fourth-order valence-electron chi connectivity index (χ4n) is 1.78. The predicted octanol–water partition coefficient (Wildman–Crippen LogP) is 2.63. The molecule has 0 unspecified atom stereocenters. The van der Waals surface area contributed by atoms with E-state index in [1.54, 1.807) is 0 Å². The van der Waals surface area contributed by atoms with Gasteiger partial charge in [0.25, 0.3) is 0 Å². The molecule has 1 heterocycles. The van der Waals surface area contributed by atoms with Gasteiger partial charge in [0.15, 0.2) is 0 Å². The fourth-order valence-corrected chi connectivity index (χ4v) is 1.78. The summed E-state index contributed by atoms with van der Waals surface area (Å²) in [5, 5.41) is 0. The smallest absolute Gasteiger partial charge is 0.0773 e. The number of nitrogens with two attached hydrogens (primary N) is 1. The number of nitrogen functional groups attached to an aromatic ring is 1. The maximum atomic E-state index is 6.13. The molecule has 0 atom stereocenters. The third-order valence-corrected chi connectivity index (χ3v) is 2.65. The minimum atomic E-state index is 0.375. The van der Waals surface area contributed by atoms with Gasteiger partial charge in [0.2, 0.25) is 0 Å². The molecule has 3 heteroatoms. The molecule has 0 fully saturated rings. The molecule has 0 radical (unpaired) electrons. The van der Waals surface area contributed by atoms with E-state index in [1.807, 2.05) is 12.3 Å². The molecule has 1 aromatic heterocycles. The first-order valence-corrected chi connectivity index (χ1v) is 5.61. The number of hydrogen-bond donors (Lipinski definition) is 1. The van der Waals surface area contributed by atoms with Crippen molar-refractivity contribution in [3.63, 3.8) is 0 Å². The molecule has 0 aliphatic rings. The van der Waals surface area contributed by atoms with Crippen LogP contribution >= 0.6 is 0 Å². The second kappa shape index (κ2) is 5.01. The van der Waals surface area contributed by atoms with Crippen LogP contribution < -0.4 is 10.6 Å². The maximum Gasteiger partial charge on any atom is 0.0773 e. The first-order chi connectivity index (χ1) is 7.11. The lowest BCUT2D eigenvalue weighted by molar-refractivity contribution is 0.816. The lowest BCUT2D eigenvalue weighted by Crippen LogP contribution is -2.23. The van der Waals surface area contributed by atoms with Crippen LogP contribution in [0.15, 0.2) is 12.3 Å². The topological polar surface area (TPSA) is 42.2 Å². The van der Waals surface area contributed by atoms with E-state index in [9.17, 15) is 0 Å². The van der Waals surface area contributed by atoms with Crippen LogP contribution in [-0.4, -0.2) is 18.1 Å². The van der Waals surface area contributed by atoms with Crippen molar-refractivity contribution < 1.29 is 0 Å². The average molecular weight is 207 g/mol. The van der Waals surface area contributed by atoms with E-state index in [-0.39, 0.29) is 0 Å². The van der Waals surface area contributed by atoms with Crippen molar-refractivity contribution in [2.45, 2.75) is 33.6 Å². The molecule has 1 aromatic rings. The Morgan fingerprint density at radius 2 is 1.93 bits per heavy atom. The summed E-state index contributed by atoms with van der Waals surface area (Å²) in [6.45, 7) is 10.5. The highest BCUT2D eigenvalue weighted by Crippen LogP contribution is 2.28. The molecule has 2 N–H and O–H groups in total. The molecule has 0 aliphatic heterocycles. The Labute approximate surface area is 92.3 Å². The number of anilines is 2.